The predicted octanol–water partition coefficient (Wildman–Crippen LogP) is 3.13. The van der Waals surface area contributed by atoms with Crippen LogP contribution >= 0.6 is 11.6 Å². The van der Waals surface area contributed by atoms with Gasteiger partial charge in [0.25, 0.3) is 0 Å². The van der Waals surface area contributed by atoms with Crippen molar-refractivity contribution in [1.82, 2.24) is 9.97 Å². The maximum Gasteiger partial charge on any atom is 0.156 e. The van der Waals surface area contributed by atoms with Crippen LogP contribution in [0.2, 0.25) is 5.15 Å². The highest BCUT2D eigenvalue weighted by molar-refractivity contribution is 6.32. The van der Waals surface area contributed by atoms with Crippen LogP contribution in [0, 0.1) is 12.7 Å². The first-order chi connectivity index (χ1) is 8.60. The molecular weight excluding hydrogens is 257 g/mol. The molecule has 0 aliphatic carbocycles. The van der Waals surface area contributed by atoms with E-state index in [1.54, 1.807) is 19.1 Å². The molecule has 0 aliphatic rings. The van der Waals surface area contributed by atoms with Gasteiger partial charge in [-0.15, -0.1) is 0 Å². The third kappa shape index (κ3) is 2.62. The fourth-order valence-electron chi connectivity index (χ4n) is 1.45. The minimum Gasteiger partial charge on any atom is -0.339 e. The molecule has 0 aliphatic heterocycles. The summed E-state index contributed by atoms with van der Waals surface area (Å²) in [4.78, 5) is 18.9. The van der Waals surface area contributed by atoms with Crippen molar-refractivity contribution in [3.05, 3.63) is 46.6 Å². The van der Waals surface area contributed by atoms with E-state index < -0.39 is 0 Å². The lowest BCUT2D eigenvalue weighted by atomic mass is 10.3. The number of nitrogens with zero attached hydrogens (tertiary/aromatic N) is 2. The number of hydrogen-bond acceptors (Lipinski definition) is 4. The highest BCUT2D eigenvalue weighted by Crippen LogP contribution is 2.23. The van der Waals surface area contributed by atoms with E-state index in [9.17, 15) is 9.18 Å². The Bertz CT molecular complexity index is 604. The van der Waals surface area contributed by atoms with Crippen LogP contribution in [0.15, 0.2) is 24.3 Å². The fourth-order valence-corrected chi connectivity index (χ4v) is 1.71. The minimum absolute atomic E-state index is 0.0661. The van der Waals surface area contributed by atoms with Crippen molar-refractivity contribution in [1.29, 1.82) is 0 Å². The Kier molecular flexibility index (Phi) is 3.53. The van der Waals surface area contributed by atoms with Crippen LogP contribution in [-0.2, 0) is 0 Å². The molecule has 0 unspecified atom stereocenters. The zero-order valence-corrected chi connectivity index (χ0v) is 10.2. The molecule has 0 saturated heterocycles. The number of halogens is 2. The SMILES string of the molecule is Cc1nc(Cl)c(C=O)c(Nc2cccc(F)c2)n1. The molecule has 0 saturated carbocycles. The van der Waals surface area contributed by atoms with E-state index >= 15 is 0 Å². The van der Waals surface area contributed by atoms with Crippen molar-refractivity contribution >= 4 is 29.4 Å². The van der Waals surface area contributed by atoms with E-state index in [2.05, 4.69) is 15.3 Å². The van der Waals surface area contributed by atoms with Crippen LogP contribution in [0.1, 0.15) is 16.2 Å². The molecule has 0 amide bonds. The zero-order chi connectivity index (χ0) is 13.1. The van der Waals surface area contributed by atoms with Gasteiger partial charge in [-0.1, -0.05) is 17.7 Å². The summed E-state index contributed by atoms with van der Waals surface area (Å²) in [5.74, 6) is 0.294. The lowest BCUT2D eigenvalue weighted by Gasteiger charge is -2.09. The molecule has 0 radical (unpaired) electrons. The second kappa shape index (κ2) is 5.10. The average molecular weight is 266 g/mol. The van der Waals surface area contributed by atoms with E-state index in [0.717, 1.165) is 0 Å². The Labute approximate surface area is 108 Å². The Morgan fingerprint density at radius 1 is 1.39 bits per heavy atom. The number of aldehydes is 1. The average Bonchev–Trinajstić information content (AvgIpc) is 2.28. The highest BCUT2D eigenvalue weighted by atomic mass is 35.5. The first-order valence-corrected chi connectivity index (χ1v) is 5.50. The minimum atomic E-state index is -0.385. The van der Waals surface area contributed by atoms with E-state index in [-0.39, 0.29) is 22.4 Å². The smallest absolute Gasteiger partial charge is 0.156 e. The van der Waals surface area contributed by atoms with Crippen LogP contribution in [0.25, 0.3) is 0 Å². The molecule has 18 heavy (non-hydrogen) atoms. The van der Waals surface area contributed by atoms with Gasteiger partial charge in [0.2, 0.25) is 0 Å². The lowest BCUT2D eigenvalue weighted by molar-refractivity contribution is 0.112. The second-order valence-corrected chi connectivity index (χ2v) is 3.94. The largest absolute Gasteiger partial charge is 0.339 e. The summed E-state index contributed by atoms with van der Waals surface area (Å²) in [5, 5.41) is 2.91. The standard InChI is InChI=1S/C12H9ClFN3O/c1-7-15-11(13)10(6-18)12(16-7)17-9-4-2-3-8(14)5-9/h2-6H,1H3,(H,15,16,17). The van der Waals surface area contributed by atoms with E-state index in [1.807, 2.05) is 0 Å². The van der Waals surface area contributed by atoms with Gasteiger partial charge in [-0.2, -0.15) is 0 Å². The Balaban J connectivity index is 2.42. The molecular formula is C12H9ClFN3O. The van der Waals surface area contributed by atoms with E-state index in [0.29, 0.717) is 17.8 Å². The van der Waals surface area contributed by atoms with Gasteiger partial charge in [-0.05, 0) is 25.1 Å². The normalized spacial score (nSPS) is 10.2. The number of benzene rings is 1. The third-order valence-corrected chi connectivity index (χ3v) is 2.50. The number of hydrogen-bond donors (Lipinski definition) is 1. The zero-order valence-electron chi connectivity index (χ0n) is 9.45. The molecule has 92 valence electrons. The molecule has 0 bridgehead atoms. The molecule has 1 N–H and O–H groups in total. The van der Waals surface area contributed by atoms with Crippen LogP contribution < -0.4 is 5.32 Å². The molecule has 1 aromatic carbocycles. The lowest BCUT2D eigenvalue weighted by Crippen LogP contribution is -2.03. The van der Waals surface area contributed by atoms with Crippen LogP contribution in [-0.4, -0.2) is 16.3 Å². The Morgan fingerprint density at radius 3 is 2.83 bits per heavy atom. The number of carbonyl (C=O) groups is 1. The molecule has 4 nitrogen and oxygen atoms in total. The molecule has 1 heterocycles. The van der Waals surface area contributed by atoms with Crippen LogP contribution in [0.5, 0.6) is 0 Å². The van der Waals surface area contributed by atoms with Gasteiger partial charge in [0.05, 0.1) is 5.56 Å². The monoisotopic (exact) mass is 265 g/mol. The molecule has 6 heteroatoms. The topological polar surface area (TPSA) is 54.9 Å². The molecule has 1 aromatic heterocycles. The van der Waals surface area contributed by atoms with Crippen molar-refractivity contribution in [3.8, 4) is 0 Å². The maximum atomic E-state index is 13.0. The number of nitrogens with one attached hydrogen (secondary N) is 1. The van der Waals surface area contributed by atoms with Crippen LogP contribution in [0.4, 0.5) is 15.9 Å². The number of rotatable bonds is 3. The molecule has 2 aromatic rings. The van der Waals surface area contributed by atoms with Gasteiger partial charge in [-0.25, -0.2) is 14.4 Å². The van der Waals surface area contributed by atoms with Crippen molar-refractivity contribution in [3.63, 3.8) is 0 Å². The van der Waals surface area contributed by atoms with Gasteiger partial charge >= 0.3 is 0 Å². The van der Waals surface area contributed by atoms with Crippen molar-refractivity contribution in [2.75, 3.05) is 5.32 Å². The summed E-state index contributed by atoms with van der Waals surface area (Å²) in [7, 11) is 0. The summed E-state index contributed by atoms with van der Waals surface area (Å²) in [6, 6.07) is 5.82. The summed E-state index contributed by atoms with van der Waals surface area (Å²) in [5.41, 5.74) is 0.624. The Hall–Kier alpha value is -2.01. The molecule has 2 rings (SSSR count). The van der Waals surface area contributed by atoms with Crippen molar-refractivity contribution < 1.29 is 9.18 Å². The molecule has 0 spiro atoms. The van der Waals surface area contributed by atoms with Gasteiger partial charge in [0, 0.05) is 5.69 Å². The first-order valence-electron chi connectivity index (χ1n) is 5.12. The maximum absolute atomic E-state index is 13.0. The fraction of sp³-hybridized carbons (Fsp3) is 0.0833. The molecule has 0 fully saturated rings. The van der Waals surface area contributed by atoms with Gasteiger partial charge in [0.15, 0.2) is 6.29 Å². The number of carbonyl (C=O) groups excluding carboxylic acids is 1. The summed E-state index contributed by atoms with van der Waals surface area (Å²) in [6.07, 6.45) is 0.559. The number of aryl methyl sites for hydroxylation is 1. The predicted molar refractivity (Wildman–Crippen MR) is 66.8 cm³/mol. The molecule has 0 atom stereocenters. The van der Waals surface area contributed by atoms with Gasteiger partial charge in [0.1, 0.15) is 22.6 Å². The Morgan fingerprint density at radius 2 is 2.17 bits per heavy atom. The number of anilines is 2. The van der Waals surface area contributed by atoms with Crippen molar-refractivity contribution in [2.45, 2.75) is 6.92 Å². The quantitative estimate of drug-likeness (QED) is 0.684. The summed E-state index contributed by atoms with van der Waals surface area (Å²) < 4.78 is 13.0. The highest BCUT2D eigenvalue weighted by Gasteiger charge is 2.11. The van der Waals surface area contributed by atoms with Crippen LogP contribution in [0.3, 0.4) is 0 Å². The van der Waals surface area contributed by atoms with E-state index in [4.69, 9.17) is 11.6 Å². The van der Waals surface area contributed by atoms with E-state index in [1.165, 1.54) is 12.1 Å². The summed E-state index contributed by atoms with van der Waals surface area (Å²) >= 11 is 5.84. The third-order valence-electron chi connectivity index (χ3n) is 2.22. The second-order valence-electron chi connectivity index (χ2n) is 3.58. The van der Waals surface area contributed by atoms with Gasteiger partial charge in [-0.3, -0.25) is 4.79 Å². The number of aromatic nitrogens is 2. The first kappa shape index (κ1) is 12.4. The van der Waals surface area contributed by atoms with Gasteiger partial charge < -0.3 is 5.32 Å². The summed E-state index contributed by atoms with van der Waals surface area (Å²) in [6.45, 7) is 1.65. The van der Waals surface area contributed by atoms with Crippen molar-refractivity contribution in [2.24, 2.45) is 0 Å².